The molecule has 1 aromatic heterocycles. The molecule has 110 valence electrons. The number of pyridine rings is 1. The quantitative estimate of drug-likeness (QED) is 0.877. The van der Waals surface area contributed by atoms with Gasteiger partial charge in [0.15, 0.2) is 0 Å². The van der Waals surface area contributed by atoms with Crippen molar-refractivity contribution in [3.05, 3.63) is 59.9 Å². The molecule has 0 aliphatic heterocycles. The number of anilines is 1. The van der Waals surface area contributed by atoms with Gasteiger partial charge in [0.05, 0.1) is 17.7 Å². The highest BCUT2D eigenvalue weighted by Crippen LogP contribution is 2.26. The highest BCUT2D eigenvalue weighted by Gasteiger charge is 2.32. The van der Waals surface area contributed by atoms with Gasteiger partial charge in [-0.2, -0.15) is 0 Å². The maximum absolute atomic E-state index is 12.7. The zero-order valence-corrected chi connectivity index (χ0v) is 12.7. The van der Waals surface area contributed by atoms with Crippen LogP contribution >= 0.6 is 0 Å². The van der Waals surface area contributed by atoms with E-state index in [-0.39, 0.29) is 5.91 Å². The summed E-state index contributed by atoms with van der Waals surface area (Å²) in [7, 11) is 1.80. The van der Waals surface area contributed by atoms with Crippen LogP contribution in [0.1, 0.15) is 25.1 Å². The summed E-state index contributed by atoms with van der Waals surface area (Å²) in [5.74, 6) is 0.0536. The largest absolute Gasteiger partial charge is 0.399 e. The van der Waals surface area contributed by atoms with E-state index in [1.54, 1.807) is 18.1 Å². The summed E-state index contributed by atoms with van der Waals surface area (Å²) in [4.78, 5) is 18.7. The predicted octanol–water partition coefficient (Wildman–Crippen LogP) is 2.60. The molecule has 21 heavy (non-hydrogen) atoms. The lowest BCUT2D eigenvalue weighted by molar-refractivity contribution is -0.135. The maximum Gasteiger partial charge on any atom is 0.232 e. The van der Waals surface area contributed by atoms with Crippen LogP contribution in [0.5, 0.6) is 0 Å². The minimum Gasteiger partial charge on any atom is -0.399 e. The van der Waals surface area contributed by atoms with Gasteiger partial charge in [-0.05, 0) is 43.7 Å². The molecule has 0 saturated carbocycles. The Morgan fingerprint density at radius 1 is 1.19 bits per heavy atom. The van der Waals surface area contributed by atoms with Gasteiger partial charge < -0.3 is 10.6 Å². The normalized spacial score (nSPS) is 11.2. The van der Waals surface area contributed by atoms with Crippen molar-refractivity contribution in [1.82, 2.24) is 9.88 Å². The van der Waals surface area contributed by atoms with Crippen molar-refractivity contribution in [1.29, 1.82) is 0 Å². The van der Waals surface area contributed by atoms with E-state index in [1.807, 2.05) is 56.3 Å². The molecular weight excluding hydrogens is 262 g/mol. The molecule has 0 spiro atoms. The van der Waals surface area contributed by atoms with Crippen molar-refractivity contribution in [3.8, 4) is 0 Å². The monoisotopic (exact) mass is 283 g/mol. The first-order chi connectivity index (χ1) is 9.91. The SMILES string of the molecule is CN(Cc1ccccn1)C(=O)C(C)(C)c1ccc(N)cc1. The molecule has 0 atom stereocenters. The van der Waals surface area contributed by atoms with E-state index in [2.05, 4.69) is 4.98 Å². The van der Waals surface area contributed by atoms with Gasteiger partial charge in [-0.15, -0.1) is 0 Å². The number of likely N-dealkylation sites (N-methyl/N-ethyl adjacent to an activating group) is 1. The van der Waals surface area contributed by atoms with Gasteiger partial charge >= 0.3 is 0 Å². The van der Waals surface area contributed by atoms with Crippen molar-refractivity contribution < 1.29 is 4.79 Å². The lowest BCUT2D eigenvalue weighted by atomic mass is 9.83. The van der Waals surface area contributed by atoms with E-state index in [4.69, 9.17) is 5.73 Å². The number of benzene rings is 1. The van der Waals surface area contributed by atoms with Gasteiger partial charge in [-0.25, -0.2) is 0 Å². The van der Waals surface area contributed by atoms with Gasteiger partial charge in [-0.3, -0.25) is 9.78 Å². The Labute approximate surface area is 125 Å². The predicted molar refractivity (Wildman–Crippen MR) is 84.6 cm³/mol. The Morgan fingerprint density at radius 3 is 2.43 bits per heavy atom. The summed E-state index contributed by atoms with van der Waals surface area (Å²) in [5, 5.41) is 0. The zero-order chi connectivity index (χ0) is 15.5. The molecule has 1 amide bonds. The number of carbonyl (C=O) groups excluding carboxylic acids is 1. The molecule has 2 rings (SSSR count). The number of rotatable bonds is 4. The first kappa shape index (κ1) is 15.0. The molecule has 1 aromatic carbocycles. The summed E-state index contributed by atoms with van der Waals surface area (Å²) in [6.07, 6.45) is 1.73. The zero-order valence-electron chi connectivity index (χ0n) is 12.7. The molecule has 0 aliphatic rings. The first-order valence-electron chi connectivity index (χ1n) is 6.93. The van der Waals surface area contributed by atoms with Crippen LogP contribution in [0.25, 0.3) is 0 Å². The fourth-order valence-electron chi connectivity index (χ4n) is 2.31. The second-order valence-electron chi connectivity index (χ2n) is 5.73. The van der Waals surface area contributed by atoms with Crippen molar-refractivity contribution in [2.75, 3.05) is 12.8 Å². The van der Waals surface area contributed by atoms with Crippen LogP contribution in [0.15, 0.2) is 48.7 Å². The van der Waals surface area contributed by atoms with E-state index >= 15 is 0 Å². The lowest BCUT2D eigenvalue weighted by Gasteiger charge is -2.29. The van der Waals surface area contributed by atoms with Crippen LogP contribution in [0.2, 0.25) is 0 Å². The number of amides is 1. The second kappa shape index (κ2) is 5.95. The third-order valence-electron chi connectivity index (χ3n) is 3.64. The van der Waals surface area contributed by atoms with Crippen LogP contribution in [0, 0.1) is 0 Å². The van der Waals surface area contributed by atoms with Crippen LogP contribution in [0.3, 0.4) is 0 Å². The molecule has 0 unspecified atom stereocenters. The average Bonchev–Trinajstić information content (AvgIpc) is 2.48. The molecule has 0 saturated heterocycles. The molecule has 0 aliphatic carbocycles. The van der Waals surface area contributed by atoms with Crippen LogP contribution in [0.4, 0.5) is 5.69 Å². The Morgan fingerprint density at radius 2 is 1.86 bits per heavy atom. The highest BCUT2D eigenvalue weighted by atomic mass is 16.2. The van der Waals surface area contributed by atoms with Crippen LogP contribution < -0.4 is 5.73 Å². The van der Waals surface area contributed by atoms with Gasteiger partial charge in [-0.1, -0.05) is 18.2 Å². The number of nitrogen functional groups attached to an aromatic ring is 1. The number of hydrogen-bond donors (Lipinski definition) is 1. The van der Waals surface area contributed by atoms with E-state index in [0.717, 1.165) is 11.3 Å². The third-order valence-corrected chi connectivity index (χ3v) is 3.64. The fraction of sp³-hybridized carbons (Fsp3) is 0.294. The Balaban J connectivity index is 2.15. The molecule has 0 bridgehead atoms. The van der Waals surface area contributed by atoms with Gasteiger partial charge in [0.1, 0.15) is 0 Å². The Kier molecular flexibility index (Phi) is 4.26. The molecular formula is C17H21N3O. The van der Waals surface area contributed by atoms with Crippen molar-refractivity contribution in [2.24, 2.45) is 0 Å². The minimum absolute atomic E-state index is 0.0536. The summed E-state index contributed by atoms with van der Waals surface area (Å²) < 4.78 is 0. The number of nitrogens with two attached hydrogens (primary N) is 1. The summed E-state index contributed by atoms with van der Waals surface area (Å²) in [6, 6.07) is 13.2. The standard InChI is InChI=1S/C17H21N3O/c1-17(2,13-7-9-14(18)10-8-13)16(21)20(3)12-15-6-4-5-11-19-15/h4-11H,12,18H2,1-3H3. The first-order valence-corrected chi connectivity index (χ1v) is 6.93. The molecule has 2 aromatic rings. The maximum atomic E-state index is 12.7. The molecule has 1 heterocycles. The minimum atomic E-state index is -0.600. The average molecular weight is 283 g/mol. The molecule has 0 fully saturated rings. The van der Waals surface area contributed by atoms with Crippen molar-refractivity contribution in [2.45, 2.75) is 25.8 Å². The smallest absolute Gasteiger partial charge is 0.232 e. The number of nitrogens with zero attached hydrogens (tertiary/aromatic N) is 2. The van der Waals surface area contributed by atoms with E-state index in [0.29, 0.717) is 12.2 Å². The van der Waals surface area contributed by atoms with E-state index in [1.165, 1.54) is 0 Å². The molecule has 2 N–H and O–H groups in total. The van der Waals surface area contributed by atoms with Crippen LogP contribution in [-0.4, -0.2) is 22.8 Å². The Hall–Kier alpha value is -2.36. The summed E-state index contributed by atoms with van der Waals surface area (Å²) in [5.41, 5.74) is 7.63. The summed E-state index contributed by atoms with van der Waals surface area (Å²) in [6.45, 7) is 4.35. The highest BCUT2D eigenvalue weighted by molar-refractivity contribution is 5.87. The molecule has 4 nitrogen and oxygen atoms in total. The van der Waals surface area contributed by atoms with Gasteiger partial charge in [0, 0.05) is 18.9 Å². The number of hydrogen-bond acceptors (Lipinski definition) is 3. The third kappa shape index (κ3) is 3.40. The fourth-order valence-corrected chi connectivity index (χ4v) is 2.31. The van der Waals surface area contributed by atoms with Crippen molar-refractivity contribution in [3.63, 3.8) is 0 Å². The van der Waals surface area contributed by atoms with Gasteiger partial charge in [0.2, 0.25) is 5.91 Å². The topological polar surface area (TPSA) is 59.2 Å². The molecule has 4 heteroatoms. The summed E-state index contributed by atoms with van der Waals surface area (Å²) >= 11 is 0. The van der Waals surface area contributed by atoms with E-state index < -0.39 is 5.41 Å². The second-order valence-corrected chi connectivity index (χ2v) is 5.73. The molecule has 0 radical (unpaired) electrons. The number of aromatic nitrogens is 1. The van der Waals surface area contributed by atoms with E-state index in [9.17, 15) is 4.79 Å². The van der Waals surface area contributed by atoms with Crippen LogP contribution in [-0.2, 0) is 16.8 Å². The Bertz CT molecular complexity index is 606. The number of carbonyl (C=O) groups is 1. The van der Waals surface area contributed by atoms with Gasteiger partial charge in [0.25, 0.3) is 0 Å². The lowest BCUT2D eigenvalue weighted by Crippen LogP contribution is -2.41. The van der Waals surface area contributed by atoms with Crippen molar-refractivity contribution >= 4 is 11.6 Å².